The zero-order valence-electron chi connectivity index (χ0n) is 9.67. The Balaban J connectivity index is 2.36. The number of anilines is 1. The van der Waals surface area contributed by atoms with Gasteiger partial charge < -0.3 is 10.6 Å². The number of benzene rings is 1. The molecule has 3 nitrogen and oxygen atoms in total. The monoisotopic (exact) mass is 278 g/mol. The summed E-state index contributed by atoms with van der Waals surface area (Å²) in [5.74, 6) is -0.565. The summed E-state index contributed by atoms with van der Waals surface area (Å²) >= 11 is -0.148. The van der Waals surface area contributed by atoms with Crippen LogP contribution in [-0.4, -0.2) is 30.8 Å². The van der Waals surface area contributed by atoms with E-state index in [1.54, 1.807) is 31.3 Å². The van der Waals surface area contributed by atoms with Crippen molar-refractivity contribution < 1.29 is 18.0 Å². The molecule has 0 heterocycles. The molecule has 2 N–H and O–H groups in total. The second-order valence-electron chi connectivity index (χ2n) is 3.38. The maximum absolute atomic E-state index is 11.8. The van der Waals surface area contributed by atoms with Gasteiger partial charge in [0.15, 0.2) is 0 Å². The number of halogens is 3. The number of carbonyl (C=O) groups excluding carboxylic acids is 1. The first-order valence-electron chi connectivity index (χ1n) is 5.19. The molecular weight excluding hydrogens is 265 g/mol. The summed E-state index contributed by atoms with van der Waals surface area (Å²) in [6.45, 7) is -0.0171. The maximum Gasteiger partial charge on any atom is 0.441 e. The molecule has 1 aromatic rings. The van der Waals surface area contributed by atoms with E-state index in [9.17, 15) is 18.0 Å². The fourth-order valence-corrected chi connectivity index (χ4v) is 1.66. The van der Waals surface area contributed by atoms with Crippen LogP contribution in [0.15, 0.2) is 24.3 Å². The van der Waals surface area contributed by atoms with Crippen LogP contribution >= 0.6 is 11.8 Å². The van der Waals surface area contributed by atoms with Gasteiger partial charge in [-0.3, -0.25) is 4.79 Å². The zero-order valence-corrected chi connectivity index (χ0v) is 10.5. The second kappa shape index (κ2) is 6.53. The van der Waals surface area contributed by atoms with Gasteiger partial charge in [-0.1, -0.05) is 0 Å². The summed E-state index contributed by atoms with van der Waals surface area (Å²) in [4.78, 5) is 11.5. The zero-order chi connectivity index (χ0) is 13.6. The van der Waals surface area contributed by atoms with Gasteiger partial charge in [-0.2, -0.15) is 13.2 Å². The fourth-order valence-electron chi connectivity index (χ4n) is 1.22. The van der Waals surface area contributed by atoms with Crippen LogP contribution < -0.4 is 10.6 Å². The predicted molar refractivity (Wildman–Crippen MR) is 66.8 cm³/mol. The fraction of sp³-hybridized carbons (Fsp3) is 0.364. The number of hydrogen-bond donors (Lipinski definition) is 2. The summed E-state index contributed by atoms with van der Waals surface area (Å²) in [5.41, 5.74) is -2.97. The molecule has 0 atom stereocenters. The molecule has 0 aliphatic heterocycles. The number of amides is 1. The maximum atomic E-state index is 11.8. The van der Waals surface area contributed by atoms with Crippen LogP contribution in [0.5, 0.6) is 0 Å². The molecule has 0 aromatic heterocycles. The molecule has 0 saturated carbocycles. The van der Waals surface area contributed by atoms with Crippen molar-refractivity contribution in [3.8, 4) is 0 Å². The molecule has 0 fully saturated rings. The van der Waals surface area contributed by atoms with Crippen molar-refractivity contribution in [2.45, 2.75) is 5.51 Å². The Hall–Kier alpha value is -1.37. The van der Waals surface area contributed by atoms with Crippen LogP contribution in [0.1, 0.15) is 10.4 Å². The molecule has 7 heteroatoms. The second-order valence-corrected chi connectivity index (χ2v) is 4.54. The topological polar surface area (TPSA) is 41.1 Å². The molecule has 0 unspecified atom stereocenters. The van der Waals surface area contributed by atoms with Crippen LogP contribution in [-0.2, 0) is 0 Å². The average molecular weight is 278 g/mol. The number of thioether (sulfide) groups is 1. The van der Waals surface area contributed by atoms with Gasteiger partial charge in [0.2, 0.25) is 0 Å². The lowest BCUT2D eigenvalue weighted by molar-refractivity contribution is -0.0327. The van der Waals surface area contributed by atoms with E-state index in [-0.39, 0.29) is 30.0 Å². The largest absolute Gasteiger partial charge is 0.441 e. The van der Waals surface area contributed by atoms with Gasteiger partial charge in [-0.25, -0.2) is 0 Å². The Morgan fingerprint density at radius 1 is 1.28 bits per heavy atom. The molecule has 0 spiro atoms. The average Bonchev–Trinajstić information content (AvgIpc) is 2.33. The first-order valence-corrected chi connectivity index (χ1v) is 6.17. The van der Waals surface area contributed by atoms with Crippen LogP contribution in [0.2, 0.25) is 0 Å². The molecule has 0 aliphatic carbocycles. The first-order chi connectivity index (χ1) is 8.42. The van der Waals surface area contributed by atoms with E-state index >= 15 is 0 Å². The molecule has 0 aliphatic rings. The molecule has 100 valence electrons. The lowest BCUT2D eigenvalue weighted by Crippen LogP contribution is -2.26. The standard InChI is InChI=1S/C11H13F3N2OS/c1-15-9-4-2-8(3-5-9)10(17)16-6-7-18-11(12,13)14/h2-5,15H,6-7H2,1H3,(H,16,17). The molecule has 1 rings (SSSR count). The molecule has 0 saturated heterocycles. The lowest BCUT2D eigenvalue weighted by Gasteiger charge is -2.07. The Labute approximate surface area is 107 Å². The quantitative estimate of drug-likeness (QED) is 0.814. The van der Waals surface area contributed by atoms with Crippen molar-refractivity contribution in [2.75, 3.05) is 24.7 Å². The summed E-state index contributed by atoms with van der Waals surface area (Å²) in [7, 11) is 1.75. The van der Waals surface area contributed by atoms with Gasteiger partial charge in [0.05, 0.1) is 0 Å². The van der Waals surface area contributed by atoms with E-state index < -0.39 is 5.51 Å². The Bertz CT molecular complexity index is 392. The molecule has 0 bridgehead atoms. The normalized spacial score (nSPS) is 11.1. The highest BCUT2D eigenvalue weighted by atomic mass is 32.2. The summed E-state index contributed by atoms with van der Waals surface area (Å²) < 4.78 is 35.5. The third-order valence-electron chi connectivity index (χ3n) is 2.09. The number of hydrogen-bond acceptors (Lipinski definition) is 3. The van der Waals surface area contributed by atoms with Gasteiger partial charge in [-0.15, -0.1) is 0 Å². The molecule has 0 radical (unpaired) electrons. The van der Waals surface area contributed by atoms with Gasteiger partial charge in [-0.05, 0) is 36.0 Å². The third kappa shape index (κ3) is 5.31. The SMILES string of the molecule is CNc1ccc(C(=O)NCCSC(F)(F)F)cc1. The van der Waals surface area contributed by atoms with E-state index in [1.165, 1.54) is 0 Å². The van der Waals surface area contributed by atoms with Crippen LogP contribution in [0.3, 0.4) is 0 Å². The lowest BCUT2D eigenvalue weighted by atomic mass is 10.2. The molecule has 1 aromatic carbocycles. The number of rotatable bonds is 5. The van der Waals surface area contributed by atoms with Crippen molar-refractivity contribution in [3.05, 3.63) is 29.8 Å². The van der Waals surface area contributed by atoms with Crippen molar-refractivity contribution in [3.63, 3.8) is 0 Å². The Kier molecular flexibility index (Phi) is 5.33. The summed E-state index contributed by atoms with van der Waals surface area (Å²) in [6.07, 6.45) is 0. The highest BCUT2D eigenvalue weighted by Gasteiger charge is 2.27. The van der Waals surface area contributed by atoms with E-state index in [0.29, 0.717) is 5.56 Å². The summed E-state index contributed by atoms with van der Waals surface area (Å²) in [5, 5.41) is 5.33. The van der Waals surface area contributed by atoms with Gasteiger partial charge in [0.25, 0.3) is 5.91 Å². The predicted octanol–water partition coefficient (Wildman–Crippen LogP) is 2.71. The first kappa shape index (κ1) is 14.7. The Morgan fingerprint density at radius 3 is 2.39 bits per heavy atom. The van der Waals surface area contributed by atoms with Gasteiger partial charge in [0.1, 0.15) is 0 Å². The number of alkyl halides is 3. The minimum atomic E-state index is -4.25. The van der Waals surface area contributed by atoms with Crippen LogP contribution in [0.4, 0.5) is 18.9 Å². The van der Waals surface area contributed by atoms with Crippen molar-refractivity contribution in [1.82, 2.24) is 5.32 Å². The van der Waals surface area contributed by atoms with E-state index in [4.69, 9.17) is 0 Å². The van der Waals surface area contributed by atoms with Crippen molar-refractivity contribution >= 4 is 23.4 Å². The number of carbonyl (C=O) groups is 1. The Morgan fingerprint density at radius 2 is 1.89 bits per heavy atom. The van der Waals surface area contributed by atoms with Crippen LogP contribution in [0.25, 0.3) is 0 Å². The summed E-state index contributed by atoms with van der Waals surface area (Å²) in [6, 6.07) is 6.66. The van der Waals surface area contributed by atoms with E-state index in [2.05, 4.69) is 10.6 Å². The smallest absolute Gasteiger partial charge is 0.388 e. The molecule has 18 heavy (non-hydrogen) atoms. The van der Waals surface area contributed by atoms with Gasteiger partial charge in [0, 0.05) is 30.6 Å². The minimum absolute atomic E-state index is 0.0171. The molecular formula is C11H13F3N2OS. The molecule has 1 amide bonds. The van der Waals surface area contributed by atoms with Crippen molar-refractivity contribution in [2.24, 2.45) is 0 Å². The van der Waals surface area contributed by atoms with Crippen LogP contribution in [0, 0.1) is 0 Å². The van der Waals surface area contributed by atoms with E-state index in [0.717, 1.165) is 5.69 Å². The highest BCUT2D eigenvalue weighted by molar-refractivity contribution is 8.00. The third-order valence-corrected chi connectivity index (χ3v) is 2.82. The van der Waals surface area contributed by atoms with Crippen molar-refractivity contribution in [1.29, 1.82) is 0 Å². The minimum Gasteiger partial charge on any atom is -0.388 e. The number of nitrogens with one attached hydrogen (secondary N) is 2. The highest BCUT2D eigenvalue weighted by Crippen LogP contribution is 2.29. The van der Waals surface area contributed by atoms with E-state index in [1.807, 2.05) is 0 Å². The van der Waals surface area contributed by atoms with Gasteiger partial charge >= 0.3 is 5.51 Å².